The molecular formula is C9H14N4O3S. The van der Waals surface area contributed by atoms with Crippen molar-refractivity contribution in [1.29, 1.82) is 0 Å². The highest BCUT2D eigenvalue weighted by atomic mass is 32.1. The Morgan fingerprint density at radius 3 is 2.06 bits per heavy atom. The summed E-state index contributed by atoms with van der Waals surface area (Å²) in [5.74, 6) is 0.221. The predicted molar refractivity (Wildman–Crippen MR) is 65.4 cm³/mol. The van der Waals surface area contributed by atoms with Crippen LogP contribution < -0.4 is 14.8 Å². The first-order valence-electron chi connectivity index (χ1n) is 5.06. The highest BCUT2D eigenvalue weighted by molar-refractivity contribution is 7.80. The SMILES string of the molecule is CCOc1nc(NC(=S)OC)nc(OCC)n1. The number of aromatic nitrogens is 3. The maximum atomic E-state index is 5.18. The van der Waals surface area contributed by atoms with Crippen LogP contribution >= 0.6 is 12.2 Å². The molecule has 0 unspecified atom stereocenters. The number of anilines is 1. The smallest absolute Gasteiger partial charge is 0.324 e. The zero-order valence-corrected chi connectivity index (χ0v) is 10.7. The van der Waals surface area contributed by atoms with Crippen molar-refractivity contribution in [2.24, 2.45) is 0 Å². The number of hydrogen-bond acceptors (Lipinski definition) is 7. The Balaban J connectivity index is 2.90. The third kappa shape index (κ3) is 4.35. The molecule has 0 atom stereocenters. The molecular weight excluding hydrogens is 244 g/mol. The van der Waals surface area contributed by atoms with Crippen LogP contribution in [0.25, 0.3) is 0 Å². The number of hydrogen-bond donors (Lipinski definition) is 1. The van der Waals surface area contributed by atoms with Gasteiger partial charge in [-0.25, -0.2) is 0 Å². The first kappa shape index (κ1) is 13.4. The largest absolute Gasteiger partial charge is 0.474 e. The monoisotopic (exact) mass is 258 g/mol. The summed E-state index contributed by atoms with van der Waals surface area (Å²) >= 11 is 4.84. The first-order valence-corrected chi connectivity index (χ1v) is 5.47. The van der Waals surface area contributed by atoms with E-state index in [4.69, 9.17) is 26.4 Å². The van der Waals surface area contributed by atoms with Crippen LogP contribution in [0, 0.1) is 0 Å². The average Bonchev–Trinajstić information content (AvgIpc) is 2.29. The normalized spacial score (nSPS) is 9.59. The molecule has 1 aromatic rings. The minimum atomic E-state index is 0.154. The molecule has 0 aliphatic rings. The van der Waals surface area contributed by atoms with Crippen LogP contribution in [0.4, 0.5) is 5.95 Å². The predicted octanol–water partition coefficient (Wildman–Crippen LogP) is 1.01. The van der Waals surface area contributed by atoms with Crippen LogP contribution in [0.1, 0.15) is 13.8 Å². The molecule has 0 amide bonds. The van der Waals surface area contributed by atoms with Crippen LogP contribution in [-0.2, 0) is 4.74 Å². The molecule has 8 heteroatoms. The van der Waals surface area contributed by atoms with Gasteiger partial charge in [-0.05, 0) is 26.1 Å². The molecule has 7 nitrogen and oxygen atoms in total. The summed E-state index contributed by atoms with van der Waals surface area (Å²) in [4.78, 5) is 11.9. The van der Waals surface area contributed by atoms with Crippen molar-refractivity contribution in [3.8, 4) is 12.0 Å². The fraction of sp³-hybridized carbons (Fsp3) is 0.556. The van der Waals surface area contributed by atoms with E-state index < -0.39 is 0 Å². The van der Waals surface area contributed by atoms with Crippen molar-refractivity contribution < 1.29 is 14.2 Å². The molecule has 0 radical (unpaired) electrons. The number of nitrogens with zero attached hydrogens (tertiary/aromatic N) is 3. The molecule has 1 rings (SSSR count). The zero-order chi connectivity index (χ0) is 12.7. The maximum absolute atomic E-state index is 5.18. The van der Waals surface area contributed by atoms with Gasteiger partial charge in [-0.2, -0.15) is 9.97 Å². The van der Waals surface area contributed by atoms with Gasteiger partial charge < -0.3 is 14.2 Å². The summed E-state index contributed by atoms with van der Waals surface area (Å²) in [5.41, 5.74) is 0. The van der Waals surface area contributed by atoms with Crippen LogP contribution in [-0.4, -0.2) is 40.5 Å². The third-order valence-electron chi connectivity index (χ3n) is 1.54. The number of ether oxygens (including phenoxy) is 3. The Bertz CT molecular complexity index is 364. The number of thiocarbonyl (C=S) groups is 1. The molecule has 0 fully saturated rings. The fourth-order valence-electron chi connectivity index (χ4n) is 0.924. The van der Waals surface area contributed by atoms with E-state index in [0.717, 1.165) is 0 Å². The van der Waals surface area contributed by atoms with Crippen molar-refractivity contribution in [2.75, 3.05) is 25.6 Å². The van der Waals surface area contributed by atoms with Gasteiger partial charge in [0.05, 0.1) is 20.3 Å². The first-order chi connectivity index (χ1) is 8.19. The summed E-state index contributed by atoms with van der Waals surface area (Å²) in [6.07, 6.45) is 0. The maximum Gasteiger partial charge on any atom is 0.324 e. The summed E-state index contributed by atoms with van der Waals surface area (Å²) in [5, 5.41) is 2.83. The van der Waals surface area contributed by atoms with Gasteiger partial charge in [0.15, 0.2) is 0 Å². The summed E-state index contributed by atoms with van der Waals surface area (Å²) in [7, 11) is 1.45. The van der Waals surface area contributed by atoms with Crippen molar-refractivity contribution in [2.45, 2.75) is 13.8 Å². The lowest BCUT2D eigenvalue weighted by Crippen LogP contribution is -2.15. The Morgan fingerprint density at radius 1 is 1.12 bits per heavy atom. The van der Waals surface area contributed by atoms with E-state index in [-0.39, 0.29) is 23.1 Å². The van der Waals surface area contributed by atoms with Gasteiger partial charge in [0.25, 0.3) is 5.17 Å². The molecule has 0 aliphatic heterocycles. The highest BCUT2D eigenvalue weighted by Crippen LogP contribution is 2.13. The Hall–Kier alpha value is -1.70. The summed E-state index contributed by atoms with van der Waals surface area (Å²) in [6.45, 7) is 4.56. The lowest BCUT2D eigenvalue weighted by atomic mass is 10.8. The van der Waals surface area contributed by atoms with E-state index in [1.165, 1.54) is 7.11 Å². The molecule has 94 valence electrons. The molecule has 1 heterocycles. The van der Waals surface area contributed by atoms with Crippen molar-refractivity contribution >= 4 is 23.3 Å². The Morgan fingerprint density at radius 2 is 1.65 bits per heavy atom. The second-order valence-electron chi connectivity index (χ2n) is 2.71. The van der Waals surface area contributed by atoms with Crippen LogP contribution in [0.2, 0.25) is 0 Å². The second kappa shape index (κ2) is 6.79. The van der Waals surface area contributed by atoms with E-state index in [1.807, 2.05) is 13.8 Å². The Labute approximate surface area is 105 Å². The molecule has 0 bridgehead atoms. The van der Waals surface area contributed by atoms with Crippen LogP contribution in [0.15, 0.2) is 0 Å². The number of nitrogens with one attached hydrogen (secondary N) is 1. The summed E-state index contributed by atoms with van der Waals surface area (Å²) in [6, 6.07) is 0.347. The van der Waals surface area contributed by atoms with Crippen molar-refractivity contribution in [3.05, 3.63) is 0 Å². The minimum absolute atomic E-state index is 0.154. The number of rotatable bonds is 5. The number of methoxy groups -OCH3 is 1. The third-order valence-corrected chi connectivity index (χ3v) is 1.81. The van der Waals surface area contributed by atoms with E-state index >= 15 is 0 Å². The lowest BCUT2D eigenvalue weighted by molar-refractivity contribution is 0.280. The van der Waals surface area contributed by atoms with Crippen LogP contribution in [0.5, 0.6) is 12.0 Å². The van der Waals surface area contributed by atoms with E-state index in [1.54, 1.807) is 0 Å². The molecule has 0 aliphatic carbocycles. The molecule has 1 N–H and O–H groups in total. The molecule has 0 spiro atoms. The minimum Gasteiger partial charge on any atom is -0.474 e. The van der Waals surface area contributed by atoms with Gasteiger partial charge >= 0.3 is 12.0 Å². The van der Waals surface area contributed by atoms with Gasteiger partial charge in [-0.1, -0.05) is 0 Å². The van der Waals surface area contributed by atoms with E-state index in [2.05, 4.69) is 20.3 Å². The molecule has 0 saturated heterocycles. The molecule has 17 heavy (non-hydrogen) atoms. The Kier molecular flexibility index (Phi) is 5.34. The van der Waals surface area contributed by atoms with Gasteiger partial charge in [-0.15, -0.1) is 4.98 Å². The average molecular weight is 258 g/mol. The topological polar surface area (TPSA) is 78.4 Å². The van der Waals surface area contributed by atoms with Crippen molar-refractivity contribution in [1.82, 2.24) is 15.0 Å². The zero-order valence-electron chi connectivity index (χ0n) is 9.89. The molecule has 1 aromatic heterocycles. The molecule has 0 saturated carbocycles. The highest BCUT2D eigenvalue weighted by Gasteiger charge is 2.09. The second-order valence-corrected chi connectivity index (χ2v) is 3.08. The van der Waals surface area contributed by atoms with E-state index in [0.29, 0.717) is 13.2 Å². The van der Waals surface area contributed by atoms with Gasteiger partial charge in [-0.3, -0.25) is 5.32 Å². The molecule has 0 aromatic carbocycles. The van der Waals surface area contributed by atoms with Gasteiger partial charge in [0.2, 0.25) is 5.95 Å². The standard InChI is InChI=1S/C9H14N4O3S/c1-4-15-7-10-6(12-9(17)14-3)11-8(13-7)16-5-2/h4-5H2,1-3H3,(H,10,11,12,13,17). The summed E-state index contributed by atoms with van der Waals surface area (Å²) < 4.78 is 15.2. The fourth-order valence-corrected chi connectivity index (χ4v) is 1.01. The lowest BCUT2D eigenvalue weighted by Gasteiger charge is -2.08. The van der Waals surface area contributed by atoms with Gasteiger partial charge in [0.1, 0.15) is 0 Å². The van der Waals surface area contributed by atoms with Crippen molar-refractivity contribution in [3.63, 3.8) is 0 Å². The van der Waals surface area contributed by atoms with Crippen LogP contribution in [0.3, 0.4) is 0 Å². The quantitative estimate of drug-likeness (QED) is 0.784. The van der Waals surface area contributed by atoms with E-state index in [9.17, 15) is 0 Å². The van der Waals surface area contributed by atoms with Gasteiger partial charge in [0, 0.05) is 0 Å².